The highest BCUT2D eigenvalue weighted by molar-refractivity contribution is 5.91. The minimum absolute atomic E-state index is 0.310. The smallest absolute Gasteiger partial charge is 0.340 e. The maximum absolute atomic E-state index is 11.0. The summed E-state index contributed by atoms with van der Waals surface area (Å²) in [6.45, 7) is 0. The molecule has 0 saturated heterocycles. The van der Waals surface area contributed by atoms with Gasteiger partial charge in [-0.1, -0.05) is 0 Å². The summed E-state index contributed by atoms with van der Waals surface area (Å²) in [6, 6.07) is 6.92. The average molecular weight is 280 g/mol. The van der Waals surface area contributed by atoms with Gasteiger partial charge in [0.15, 0.2) is 5.65 Å². The van der Waals surface area contributed by atoms with Crippen LogP contribution in [0.4, 0.5) is 0 Å². The highest BCUT2D eigenvalue weighted by Gasteiger charge is 2.09. The van der Waals surface area contributed by atoms with Gasteiger partial charge in [-0.3, -0.25) is 0 Å². The first kappa shape index (κ1) is 14.2. The molecule has 0 atom stereocenters. The summed E-state index contributed by atoms with van der Waals surface area (Å²) in [6.07, 6.45) is 12.0. The predicted octanol–water partition coefficient (Wildman–Crippen LogP) is 1.58. The van der Waals surface area contributed by atoms with Crippen molar-refractivity contribution in [1.82, 2.24) is 19.6 Å². The Bertz CT molecular complexity index is 759. The number of esters is 1. The lowest BCUT2D eigenvalue weighted by atomic mass is 10.2. The van der Waals surface area contributed by atoms with Gasteiger partial charge in [0.2, 0.25) is 0 Å². The molecule has 3 heterocycles. The average Bonchev–Trinajstić information content (AvgIpc) is 3.03. The van der Waals surface area contributed by atoms with E-state index in [-0.39, 0.29) is 0 Å². The monoisotopic (exact) mass is 280 g/mol. The Morgan fingerprint density at radius 1 is 1.24 bits per heavy atom. The Kier molecular flexibility index (Phi) is 4.62. The van der Waals surface area contributed by atoms with Gasteiger partial charge in [-0.2, -0.15) is 5.10 Å². The number of hydrogen-bond acceptors (Lipinski definition) is 5. The molecule has 0 bridgehead atoms. The molecular weight excluding hydrogens is 268 g/mol. The number of carbonyl (C=O) groups is 1. The van der Waals surface area contributed by atoms with Gasteiger partial charge in [0.1, 0.15) is 5.69 Å². The van der Waals surface area contributed by atoms with E-state index in [0.717, 1.165) is 5.65 Å². The van der Waals surface area contributed by atoms with Crippen LogP contribution in [0.3, 0.4) is 0 Å². The topological polar surface area (TPSA) is 69.4 Å². The lowest BCUT2D eigenvalue weighted by Gasteiger charge is -1.99. The van der Waals surface area contributed by atoms with Crippen molar-refractivity contribution in [3.63, 3.8) is 0 Å². The van der Waals surface area contributed by atoms with Crippen LogP contribution >= 0.6 is 0 Å². The molecule has 0 spiro atoms. The van der Waals surface area contributed by atoms with Crippen LogP contribution in [-0.2, 0) is 4.74 Å². The first-order valence-electron chi connectivity index (χ1n) is 6.00. The number of fused-ring (bicyclic) bond motifs is 1. The van der Waals surface area contributed by atoms with Crippen LogP contribution in [0.1, 0.15) is 16.1 Å². The molecule has 0 aliphatic carbocycles. The third-order valence-electron chi connectivity index (χ3n) is 2.52. The molecule has 0 amide bonds. The van der Waals surface area contributed by atoms with Gasteiger partial charge < -0.3 is 4.74 Å². The molecule has 0 aromatic carbocycles. The first-order chi connectivity index (χ1) is 10.3. The van der Waals surface area contributed by atoms with Crippen molar-refractivity contribution >= 4 is 11.6 Å². The van der Waals surface area contributed by atoms with Gasteiger partial charge >= 0.3 is 5.97 Å². The van der Waals surface area contributed by atoms with Crippen LogP contribution in [0, 0.1) is 12.3 Å². The summed E-state index contributed by atoms with van der Waals surface area (Å²) >= 11 is 0. The minimum atomic E-state index is -0.462. The Labute approximate surface area is 121 Å². The Hall–Kier alpha value is -3.20. The van der Waals surface area contributed by atoms with Crippen LogP contribution in [0.5, 0.6) is 0 Å². The van der Waals surface area contributed by atoms with E-state index in [0.29, 0.717) is 11.3 Å². The van der Waals surface area contributed by atoms with Crippen molar-refractivity contribution in [3.8, 4) is 12.3 Å². The fraction of sp³-hybridized carbons (Fsp3) is 0.0667. The van der Waals surface area contributed by atoms with Gasteiger partial charge in [0.25, 0.3) is 0 Å². The zero-order valence-electron chi connectivity index (χ0n) is 11.3. The maximum Gasteiger partial charge on any atom is 0.340 e. The number of terminal acetylenes is 1. The molecule has 0 unspecified atom stereocenters. The van der Waals surface area contributed by atoms with Gasteiger partial charge in [0, 0.05) is 24.7 Å². The molecule has 0 aliphatic rings. The zero-order valence-corrected chi connectivity index (χ0v) is 11.3. The molecule has 3 aromatic rings. The van der Waals surface area contributed by atoms with Crippen molar-refractivity contribution < 1.29 is 9.53 Å². The highest BCUT2D eigenvalue weighted by atomic mass is 16.5. The first-order valence-corrected chi connectivity index (χ1v) is 6.00. The second-order valence-corrected chi connectivity index (χ2v) is 3.79. The van der Waals surface area contributed by atoms with E-state index in [9.17, 15) is 4.79 Å². The molecule has 0 N–H and O–H groups in total. The van der Waals surface area contributed by atoms with Gasteiger partial charge in [0.05, 0.1) is 18.9 Å². The van der Waals surface area contributed by atoms with Gasteiger partial charge in [-0.25, -0.2) is 19.3 Å². The fourth-order valence-electron chi connectivity index (χ4n) is 1.56. The van der Waals surface area contributed by atoms with E-state index < -0.39 is 5.97 Å². The van der Waals surface area contributed by atoms with E-state index in [1.54, 1.807) is 29.0 Å². The number of ether oxygens (including phenoxy) is 1. The molecule has 3 rings (SSSR count). The quantitative estimate of drug-likeness (QED) is 0.500. The van der Waals surface area contributed by atoms with Gasteiger partial charge in [-0.05, 0) is 24.1 Å². The molecule has 6 nitrogen and oxygen atoms in total. The van der Waals surface area contributed by atoms with Crippen LogP contribution < -0.4 is 0 Å². The number of hydrogen-bond donors (Lipinski definition) is 0. The maximum atomic E-state index is 11.0. The fourth-order valence-corrected chi connectivity index (χ4v) is 1.56. The summed E-state index contributed by atoms with van der Waals surface area (Å²) in [7, 11) is 1.30. The Balaban J connectivity index is 0.000000159. The van der Waals surface area contributed by atoms with E-state index in [2.05, 4.69) is 25.7 Å². The molecule has 3 aromatic heterocycles. The molecule has 0 saturated carbocycles. The van der Waals surface area contributed by atoms with Crippen molar-refractivity contribution in [2.24, 2.45) is 0 Å². The van der Waals surface area contributed by atoms with Crippen molar-refractivity contribution in [2.45, 2.75) is 0 Å². The lowest BCUT2D eigenvalue weighted by molar-refractivity contribution is 0.0600. The molecular formula is C15H12N4O2. The predicted molar refractivity (Wildman–Crippen MR) is 76.5 cm³/mol. The number of rotatable bonds is 1. The second-order valence-electron chi connectivity index (χ2n) is 3.79. The number of methoxy groups -OCH3 is 1. The number of pyridine rings is 1. The summed E-state index contributed by atoms with van der Waals surface area (Å²) in [5, 5.41) is 3.97. The SMILES string of the molecule is C#Cc1ncccc1C(=O)OC.c1cnc2ccnn2c1. The van der Waals surface area contributed by atoms with E-state index in [1.807, 2.05) is 18.3 Å². The van der Waals surface area contributed by atoms with E-state index in [1.165, 1.54) is 13.3 Å². The normalized spacial score (nSPS) is 9.33. The highest BCUT2D eigenvalue weighted by Crippen LogP contribution is 2.04. The van der Waals surface area contributed by atoms with Crippen molar-refractivity contribution in [1.29, 1.82) is 0 Å². The molecule has 6 heteroatoms. The zero-order chi connectivity index (χ0) is 15.1. The van der Waals surface area contributed by atoms with Crippen LogP contribution in [-0.4, -0.2) is 32.7 Å². The van der Waals surface area contributed by atoms with Crippen LogP contribution in [0.2, 0.25) is 0 Å². The van der Waals surface area contributed by atoms with E-state index in [4.69, 9.17) is 6.42 Å². The van der Waals surface area contributed by atoms with Crippen molar-refractivity contribution in [3.05, 3.63) is 60.3 Å². The molecule has 104 valence electrons. The second kappa shape index (κ2) is 6.82. The third kappa shape index (κ3) is 3.42. The Morgan fingerprint density at radius 3 is 2.76 bits per heavy atom. The number of carbonyl (C=O) groups excluding carboxylic acids is 1. The standard InChI is InChI=1S/C9H7NO2.C6H5N3/c1-3-8-7(9(11)12-2)5-4-6-10-8;1-3-7-6-2-4-8-9(6)5-1/h1,4-6H,2H3;1-5H. The molecule has 21 heavy (non-hydrogen) atoms. The number of aromatic nitrogens is 4. The Morgan fingerprint density at radius 2 is 2.05 bits per heavy atom. The minimum Gasteiger partial charge on any atom is -0.465 e. The van der Waals surface area contributed by atoms with Gasteiger partial charge in [-0.15, -0.1) is 6.42 Å². The summed E-state index contributed by atoms with van der Waals surface area (Å²) in [4.78, 5) is 18.9. The number of nitrogens with zero attached hydrogens (tertiary/aromatic N) is 4. The van der Waals surface area contributed by atoms with Crippen LogP contribution in [0.15, 0.2) is 49.1 Å². The molecule has 0 radical (unpaired) electrons. The van der Waals surface area contributed by atoms with Crippen molar-refractivity contribution in [2.75, 3.05) is 7.11 Å². The molecule has 0 fully saturated rings. The summed E-state index contributed by atoms with van der Waals surface area (Å²) in [5.74, 6) is 1.84. The third-order valence-corrected chi connectivity index (χ3v) is 2.52. The lowest BCUT2D eigenvalue weighted by Crippen LogP contribution is -2.04. The molecule has 0 aliphatic heterocycles. The summed E-state index contributed by atoms with van der Waals surface area (Å²) < 4.78 is 6.23. The summed E-state index contributed by atoms with van der Waals surface area (Å²) in [5.41, 5.74) is 1.52. The largest absolute Gasteiger partial charge is 0.465 e. The van der Waals surface area contributed by atoms with E-state index >= 15 is 0 Å². The van der Waals surface area contributed by atoms with Crippen LogP contribution in [0.25, 0.3) is 5.65 Å².